The van der Waals surface area contributed by atoms with E-state index in [2.05, 4.69) is 43.1 Å². The fourth-order valence-electron chi connectivity index (χ4n) is 3.34. The van der Waals surface area contributed by atoms with Gasteiger partial charge in [-0.25, -0.2) is 0 Å². The highest BCUT2D eigenvalue weighted by Crippen LogP contribution is 2.37. The highest BCUT2D eigenvalue weighted by atomic mass is 16.2. The largest absolute Gasteiger partial charge is 0.339 e. The van der Waals surface area contributed by atoms with E-state index in [0.717, 1.165) is 25.9 Å². The van der Waals surface area contributed by atoms with Crippen LogP contribution in [0.3, 0.4) is 0 Å². The summed E-state index contributed by atoms with van der Waals surface area (Å²) in [5.41, 5.74) is 0.245. The molecule has 0 bridgehead atoms. The van der Waals surface area contributed by atoms with E-state index in [1.807, 2.05) is 0 Å². The number of hydrogen-bond donors (Lipinski definition) is 1. The molecule has 1 atom stereocenters. The Bertz CT molecular complexity index is 323. The second kappa shape index (κ2) is 5.80. The number of likely N-dealkylation sites (tertiary alicyclic amines) is 1. The molecule has 1 aliphatic heterocycles. The van der Waals surface area contributed by atoms with Gasteiger partial charge in [0.2, 0.25) is 5.91 Å². The average Bonchev–Trinajstić information content (AvgIpc) is 2.27. The van der Waals surface area contributed by atoms with Crippen molar-refractivity contribution in [3.05, 3.63) is 0 Å². The summed E-state index contributed by atoms with van der Waals surface area (Å²) in [6.45, 7) is 6.07. The predicted octanol–water partition coefficient (Wildman–Crippen LogP) is 1.46. The Morgan fingerprint density at radius 3 is 2.53 bits per heavy atom. The summed E-state index contributed by atoms with van der Waals surface area (Å²) in [6, 6.07) is 0.411. The lowest BCUT2D eigenvalue weighted by Crippen LogP contribution is -2.61. The van der Waals surface area contributed by atoms with Gasteiger partial charge in [0.1, 0.15) is 0 Å². The third kappa shape index (κ3) is 3.11. The molecule has 1 unspecified atom stereocenters. The Labute approximate surface area is 117 Å². The monoisotopic (exact) mass is 267 g/mol. The van der Waals surface area contributed by atoms with E-state index in [4.69, 9.17) is 0 Å². The van der Waals surface area contributed by atoms with Gasteiger partial charge in [0.05, 0.1) is 6.04 Å². The predicted molar refractivity (Wildman–Crippen MR) is 78.1 cm³/mol. The topological polar surface area (TPSA) is 35.6 Å². The summed E-state index contributed by atoms with van der Waals surface area (Å²) in [7, 11) is 4.30. The van der Waals surface area contributed by atoms with Crippen molar-refractivity contribution < 1.29 is 4.79 Å². The van der Waals surface area contributed by atoms with Gasteiger partial charge in [0.25, 0.3) is 0 Å². The molecule has 2 rings (SSSR count). The number of carbonyl (C=O) groups is 1. The lowest BCUT2D eigenvalue weighted by atomic mass is 9.75. The average molecular weight is 267 g/mol. The summed E-state index contributed by atoms with van der Waals surface area (Å²) in [5.74, 6) is 0.313. The molecule has 0 radical (unpaired) electrons. The van der Waals surface area contributed by atoms with Gasteiger partial charge in [-0.15, -0.1) is 0 Å². The molecule has 1 aliphatic carbocycles. The van der Waals surface area contributed by atoms with Crippen LogP contribution in [0.15, 0.2) is 0 Å². The van der Waals surface area contributed by atoms with Gasteiger partial charge in [-0.3, -0.25) is 4.79 Å². The van der Waals surface area contributed by atoms with Gasteiger partial charge >= 0.3 is 0 Å². The van der Waals surface area contributed by atoms with E-state index >= 15 is 0 Å². The molecule has 2 fully saturated rings. The third-order valence-electron chi connectivity index (χ3n) is 4.78. The number of piperidine rings is 1. The van der Waals surface area contributed by atoms with Gasteiger partial charge in [-0.2, -0.15) is 0 Å². The zero-order chi connectivity index (χ0) is 14.0. The van der Waals surface area contributed by atoms with Crippen LogP contribution in [0.1, 0.15) is 46.0 Å². The Kier molecular flexibility index (Phi) is 4.51. The van der Waals surface area contributed by atoms with E-state index in [-0.39, 0.29) is 11.6 Å². The first kappa shape index (κ1) is 14.8. The second-order valence-electron chi connectivity index (χ2n) is 6.75. The number of nitrogens with one attached hydrogen (secondary N) is 1. The van der Waals surface area contributed by atoms with Crippen LogP contribution < -0.4 is 5.32 Å². The maximum atomic E-state index is 12.5. The summed E-state index contributed by atoms with van der Waals surface area (Å²) >= 11 is 0. The van der Waals surface area contributed by atoms with E-state index < -0.39 is 0 Å². The van der Waals surface area contributed by atoms with Crippen LogP contribution in [0.4, 0.5) is 0 Å². The molecule has 1 saturated carbocycles. The first-order chi connectivity index (χ1) is 8.94. The smallest absolute Gasteiger partial charge is 0.239 e. The van der Waals surface area contributed by atoms with Crippen molar-refractivity contribution in [2.24, 2.45) is 0 Å². The van der Waals surface area contributed by atoms with Crippen LogP contribution in [0, 0.1) is 0 Å². The van der Waals surface area contributed by atoms with Crippen LogP contribution >= 0.6 is 0 Å². The fourth-order valence-corrected chi connectivity index (χ4v) is 3.34. The summed E-state index contributed by atoms with van der Waals surface area (Å²) in [6.07, 6.45) is 5.87. The first-order valence-electron chi connectivity index (χ1n) is 7.67. The molecular weight excluding hydrogens is 238 g/mol. The number of nitrogens with zero attached hydrogens (tertiary/aromatic N) is 2. The molecule has 1 saturated heterocycles. The van der Waals surface area contributed by atoms with Crippen molar-refractivity contribution in [1.82, 2.24) is 15.1 Å². The fraction of sp³-hybridized carbons (Fsp3) is 0.933. The van der Waals surface area contributed by atoms with E-state index in [9.17, 15) is 4.79 Å². The second-order valence-corrected chi connectivity index (χ2v) is 6.75. The third-order valence-corrected chi connectivity index (χ3v) is 4.78. The van der Waals surface area contributed by atoms with Crippen LogP contribution in [-0.2, 0) is 4.79 Å². The van der Waals surface area contributed by atoms with Crippen LogP contribution in [0.5, 0.6) is 0 Å². The van der Waals surface area contributed by atoms with Crippen molar-refractivity contribution >= 4 is 5.91 Å². The summed E-state index contributed by atoms with van der Waals surface area (Å²) < 4.78 is 0. The minimum atomic E-state index is 0.0352. The zero-order valence-corrected chi connectivity index (χ0v) is 12.9. The molecular formula is C15H29N3O. The van der Waals surface area contributed by atoms with Crippen molar-refractivity contribution in [2.75, 3.05) is 27.2 Å². The Hall–Kier alpha value is -0.610. The molecule has 2 aliphatic rings. The van der Waals surface area contributed by atoms with Gasteiger partial charge < -0.3 is 15.1 Å². The SMILES string of the molecule is CC(C)NC1CCCN(CC2(N(C)C)CCC2)C1=O. The first-order valence-corrected chi connectivity index (χ1v) is 7.67. The van der Waals surface area contributed by atoms with Crippen LogP contribution in [0.25, 0.3) is 0 Å². The van der Waals surface area contributed by atoms with Crippen molar-refractivity contribution in [3.63, 3.8) is 0 Å². The van der Waals surface area contributed by atoms with Gasteiger partial charge in [0.15, 0.2) is 0 Å². The van der Waals surface area contributed by atoms with Crippen LogP contribution in [0.2, 0.25) is 0 Å². The molecule has 0 aromatic heterocycles. The van der Waals surface area contributed by atoms with Gasteiger partial charge in [0, 0.05) is 24.7 Å². The Morgan fingerprint density at radius 2 is 2.05 bits per heavy atom. The maximum Gasteiger partial charge on any atom is 0.239 e. The molecule has 1 amide bonds. The van der Waals surface area contributed by atoms with Gasteiger partial charge in [-0.05, 0) is 46.2 Å². The highest BCUT2D eigenvalue weighted by Gasteiger charge is 2.42. The molecule has 1 N–H and O–H groups in total. The molecule has 4 nitrogen and oxygen atoms in total. The number of amides is 1. The minimum absolute atomic E-state index is 0.0352. The Balaban J connectivity index is 1.98. The number of likely N-dealkylation sites (N-methyl/N-ethyl adjacent to an activating group) is 1. The summed E-state index contributed by atoms with van der Waals surface area (Å²) in [5, 5.41) is 3.41. The minimum Gasteiger partial charge on any atom is -0.339 e. The molecule has 0 aromatic rings. The molecule has 4 heteroatoms. The van der Waals surface area contributed by atoms with E-state index in [0.29, 0.717) is 11.9 Å². The van der Waals surface area contributed by atoms with Crippen LogP contribution in [-0.4, -0.2) is 60.5 Å². The lowest BCUT2D eigenvalue weighted by molar-refractivity contribution is -0.139. The van der Waals surface area contributed by atoms with Gasteiger partial charge in [-0.1, -0.05) is 13.8 Å². The molecule has 1 heterocycles. The quantitative estimate of drug-likeness (QED) is 0.819. The number of carbonyl (C=O) groups excluding carboxylic acids is 1. The highest BCUT2D eigenvalue weighted by molar-refractivity contribution is 5.82. The lowest BCUT2D eigenvalue weighted by Gasteiger charge is -2.50. The number of hydrogen-bond acceptors (Lipinski definition) is 3. The molecule has 110 valence electrons. The van der Waals surface area contributed by atoms with Crippen molar-refractivity contribution in [1.29, 1.82) is 0 Å². The maximum absolute atomic E-state index is 12.5. The van der Waals surface area contributed by atoms with Crippen molar-refractivity contribution in [3.8, 4) is 0 Å². The summed E-state index contributed by atoms with van der Waals surface area (Å²) in [4.78, 5) is 17.0. The standard InChI is InChI=1S/C15H29N3O/c1-12(2)16-13-7-5-10-18(14(13)19)11-15(17(3)4)8-6-9-15/h12-13,16H,5-11H2,1-4H3. The van der Waals surface area contributed by atoms with Crippen molar-refractivity contribution in [2.45, 2.75) is 63.6 Å². The molecule has 0 aromatic carbocycles. The molecule has 19 heavy (non-hydrogen) atoms. The van der Waals surface area contributed by atoms with E-state index in [1.54, 1.807) is 0 Å². The van der Waals surface area contributed by atoms with E-state index in [1.165, 1.54) is 19.3 Å². The number of rotatable bonds is 5. The zero-order valence-electron chi connectivity index (χ0n) is 12.9. The molecule has 0 spiro atoms. The Morgan fingerprint density at radius 1 is 1.37 bits per heavy atom. The normalized spacial score (nSPS) is 26.9.